The first kappa shape index (κ1) is 25.2. The molecule has 0 saturated carbocycles. The molecule has 0 N–H and O–H groups in total. The van der Waals surface area contributed by atoms with Gasteiger partial charge in [-0.1, -0.05) is 11.2 Å². The molecule has 0 bridgehead atoms. The lowest BCUT2D eigenvalue weighted by Gasteiger charge is -2.31. The number of carbonyl (C=O) groups excluding carboxylic acids is 1. The van der Waals surface area contributed by atoms with E-state index in [0.717, 1.165) is 64.0 Å². The van der Waals surface area contributed by atoms with Crippen LogP contribution in [-0.2, 0) is 4.74 Å². The van der Waals surface area contributed by atoms with Crippen LogP contribution in [0.25, 0.3) is 22.2 Å². The molecular weight excluding hydrogens is 496 g/mol. The molecule has 0 radical (unpaired) electrons. The molecule has 1 amide bonds. The van der Waals surface area contributed by atoms with E-state index in [9.17, 15) is 4.79 Å². The molecule has 10 heteroatoms. The first-order valence-electron chi connectivity index (χ1n) is 13.5. The van der Waals surface area contributed by atoms with Crippen LogP contribution < -0.4 is 9.64 Å². The minimum absolute atomic E-state index is 0.149. The molecule has 2 aliphatic heterocycles. The van der Waals surface area contributed by atoms with Crippen molar-refractivity contribution in [2.75, 3.05) is 37.7 Å². The van der Waals surface area contributed by atoms with Crippen molar-refractivity contribution in [3.8, 4) is 16.9 Å². The second kappa shape index (κ2) is 9.59. The molecule has 1 aromatic carbocycles. The number of carbonyl (C=O) groups is 1. The summed E-state index contributed by atoms with van der Waals surface area (Å²) in [5, 5.41) is 4.17. The molecule has 6 rings (SSSR count). The van der Waals surface area contributed by atoms with Crippen LogP contribution in [0.15, 0.2) is 41.1 Å². The van der Waals surface area contributed by atoms with Gasteiger partial charge < -0.3 is 23.8 Å². The predicted molar refractivity (Wildman–Crippen MR) is 147 cm³/mol. The number of imidazole rings is 1. The summed E-state index contributed by atoms with van der Waals surface area (Å²) in [5.74, 6) is 2.38. The summed E-state index contributed by atoms with van der Waals surface area (Å²) in [5.41, 5.74) is 4.87. The standard InChI is InChI=1S/C29H34N6O4/c1-18-24(19(2)39-32-18)20-10-11-22-25-26(20)37-17-23(21-9-6-7-12-30-21)35(25)27(31-22)33-13-8-14-34(16-15-33)28(36)38-29(3,4)5/h6-7,9-12,23H,8,13-17H2,1-5H3/t23-/m1/s1. The number of aromatic nitrogens is 4. The quantitative estimate of drug-likeness (QED) is 0.359. The summed E-state index contributed by atoms with van der Waals surface area (Å²) in [6, 6.07) is 9.87. The Morgan fingerprint density at radius 1 is 1.08 bits per heavy atom. The van der Waals surface area contributed by atoms with Gasteiger partial charge in [0.05, 0.1) is 22.5 Å². The van der Waals surface area contributed by atoms with Gasteiger partial charge in [0.15, 0.2) is 5.75 Å². The Kier molecular flexibility index (Phi) is 6.20. The summed E-state index contributed by atoms with van der Waals surface area (Å²) in [4.78, 5) is 26.7. The normalized spacial score (nSPS) is 17.7. The molecule has 5 heterocycles. The van der Waals surface area contributed by atoms with Crippen molar-refractivity contribution < 1.29 is 18.8 Å². The molecule has 0 spiro atoms. The highest BCUT2D eigenvalue weighted by atomic mass is 16.6. The van der Waals surface area contributed by atoms with E-state index in [4.69, 9.17) is 19.0 Å². The number of ether oxygens (including phenoxy) is 2. The van der Waals surface area contributed by atoms with Crippen molar-refractivity contribution in [2.24, 2.45) is 0 Å². The molecule has 3 aromatic heterocycles. The van der Waals surface area contributed by atoms with Gasteiger partial charge in [-0.2, -0.15) is 0 Å². The summed E-state index contributed by atoms with van der Waals surface area (Å²) in [6.07, 6.45) is 2.35. The average Bonchev–Trinajstić information content (AvgIpc) is 3.33. The molecule has 0 unspecified atom stereocenters. The number of pyridine rings is 1. The van der Waals surface area contributed by atoms with Crippen LogP contribution in [0.2, 0.25) is 0 Å². The lowest BCUT2D eigenvalue weighted by molar-refractivity contribution is 0.0263. The Balaban J connectivity index is 1.44. The molecule has 4 aromatic rings. The number of rotatable bonds is 3. The number of amides is 1. The Bertz CT molecular complexity index is 1500. The maximum absolute atomic E-state index is 12.8. The van der Waals surface area contributed by atoms with Crippen molar-refractivity contribution in [2.45, 2.75) is 52.7 Å². The monoisotopic (exact) mass is 530 g/mol. The summed E-state index contributed by atoms with van der Waals surface area (Å²) >= 11 is 0. The van der Waals surface area contributed by atoms with Crippen LogP contribution in [-0.4, -0.2) is 69.1 Å². The van der Waals surface area contributed by atoms with Gasteiger partial charge in [-0.25, -0.2) is 9.78 Å². The Morgan fingerprint density at radius 2 is 1.92 bits per heavy atom. The number of benzene rings is 1. The Morgan fingerprint density at radius 3 is 2.64 bits per heavy atom. The predicted octanol–water partition coefficient (Wildman–Crippen LogP) is 5.13. The highest BCUT2D eigenvalue weighted by Gasteiger charge is 2.34. The van der Waals surface area contributed by atoms with E-state index in [2.05, 4.69) is 19.6 Å². The van der Waals surface area contributed by atoms with Crippen LogP contribution in [0.1, 0.15) is 50.4 Å². The van der Waals surface area contributed by atoms with Crippen LogP contribution in [0.5, 0.6) is 5.75 Å². The Hall–Kier alpha value is -4.08. The zero-order valence-corrected chi connectivity index (χ0v) is 23.1. The number of hydrogen-bond acceptors (Lipinski definition) is 8. The van der Waals surface area contributed by atoms with Gasteiger partial charge in [0.25, 0.3) is 0 Å². The molecule has 1 saturated heterocycles. The van der Waals surface area contributed by atoms with Crippen molar-refractivity contribution in [1.29, 1.82) is 0 Å². The van der Waals surface area contributed by atoms with E-state index < -0.39 is 5.60 Å². The van der Waals surface area contributed by atoms with Gasteiger partial charge in [-0.05, 0) is 65.3 Å². The highest BCUT2D eigenvalue weighted by molar-refractivity contribution is 5.94. The van der Waals surface area contributed by atoms with E-state index in [1.54, 1.807) is 4.90 Å². The number of aryl methyl sites for hydroxylation is 2. The zero-order chi connectivity index (χ0) is 27.3. The van der Waals surface area contributed by atoms with Gasteiger partial charge in [0, 0.05) is 37.9 Å². The largest absolute Gasteiger partial charge is 0.488 e. The van der Waals surface area contributed by atoms with Crippen molar-refractivity contribution >= 4 is 23.1 Å². The van der Waals surface area contributed by atoms with Crippen molar-refractivity contribution in [3.05, 3.63) is 53.7 Å². The number of anilines is 1. The van der Waals surface area contributed by atoms with Gasteiger partial charge in [0.1, 0.15) is 29.5 Å². The van der Waals surface area contributed by atoms with Crippen LogP contribution in [0, 0.1) is 13.8 Å². The molecule has 10 nitrogen and oxygen atoms in total. The van der Waals surface area contributed by atoms with Crippen LogP contribution in [0.4, 0.5) is 10.7 Å². The third-order valence-corrected chi connectivity index (χ3v) is 7.25. The van der Waals surface area contributed by atoms with E-state index in [1.165, 1.54) is 0 Å². The highest BCUT2D eigenvalue weighted by Crippen LogP contribution is 2.45. The second-order valence-corrected chi connectivity index (χ2v) is 11.2. The summed E-state index contributed by atoms with van der Waals surface area (Å²) < 4.78 is 19.9. The van der Waals surface area contributed by atoms with Crippen molar-refractivity contribution in [1.82, 2.24) is 24.6 Å². The minimum Gasteiger partial charge on any atom is -0.488 e. The van der Waals surface area contributed by atoms with E-state index in [1.807, 2.05) is 71.1 Å². The fraction of sp³-hybridized carbons (Fsp3) is 0.448. The zero-order valence-electron chi connectivity index (χ0n) is 23.1. The third kappa shape index (κ3) is 4.57. The average molecular weight is 531 g/mol. The molecule has 1 fully saturated rings. The number of nitrogens with zero attached hydrogens (tertiary/aromatic N) is 6. The third-order valence-electron chi connectivity index (χ3n) is 7.25. The van der Waals surface area contributed by atoms with Gasteiger partial charge in [0.2, 0.25) is 5.95 Å². The number of hydrogen-bond donors (Lipinski definition) is 0. The summed E-state index contributed by atoms with van der Waals surface area (Å²) in [6.45, 7) is 12.6. The van der Waals surface area contributed by atoms with E-state index in [0.29, 0.717) is 26.2 Å². The van der Waals surface area contributed by atoms with Gasteiger partial charge in [-0.15, -0.1) is 0 Å². The van der Waals surface area contributed by atoms with Gasteiger partial charge >= 0.3 is 6.09 Å². The molecule has 39 heavy (non-hydrogen) atoms. The lowest BCUT2D eigenvalue weighted by atomic mass is 10.0. The molecule has 2 aliphatic rings. The fourth-order valence-corrected chi connectivity index (χ4v) is 5.53. The van der Waals surface area contributed by atoms with Gasteiger partial charge in [-0.3, -0.25) is 9.55 Å². The smallest absolute Gasteiger partial charge is 0.410 e. The van der Waals surface area contributed by atoms with E-state index >= 15 is 0 Å². The lowest BCUT2D eigenvalue weighted by Crippen LogP contribution is -2.39. The molecule has 204 valence electrons. The molecule has 0 aliphatic carbocycles. The van der Waals surface area contributed by atoms with E-state index in [-0.39, 0.29) is 12.1 Å². The first-order valence-corrected chi connectivity index (χ1v) is 13.5. The topological polar surface area (TPSA) is 98.8 Å². The molecule has 1 atom stereocenters. The second-order valence-electron chi connectivity index (χ2n) is 11.2. The van der Waals surface area contributed by atoms with Crippen molar-refractivity contribution in [3.63, 3.8) is 0 Å². The first-order chi connectivity index (χ1) is 18.7. The molecular formula is C29H34N6O4. The SMILES string of the molecule is Cc1noc(C)c1-c1ccc2nc(N3CCCN(C(=O)OC(C)(C)C)CC3)n3c2c1OC[C@@H]3c1ccccn1. The van der Waals surface area contributed by atoms with Crippen LogP contribution in [0.3, 0.4) is 0 Å². The summed E-state index contributed by atoms with van der Waals surface area (Å²) in [7, 11) is 0. The maximum Gasteiger partial charge on any atom is 0.410 e. The van der Waals surface area contributed by atoms with Crippen LogP contribution >= 0.6 is 0 Å². The fourth-order valence-electron chi connectivity index (χ4n) is 5.53. The minimum atomic E-state index is -0.528. The Labute approximate surface area is 227 Å². The maximum atomic E-state index is 12.8.